The topological polar surface area (TPSA) is 42.4 Å². The number of nitrogens with zero attached hydrogens (tertiary/aromatic N) is 1. The number of hydrogen-bond donors (Lipinski definition) is 1. The number of rotatable bonds is 4. The van der Waals surface area contributed by atoms with Gasteiger partial charge in [-0.3, -0.25) is 0 Å². The maximum absolute atomic E-state index is 8.93. The highest BCUT2D eigenvalue weighted by molar-refractivity contribution is 5.33. The third-order valence-electron chi connectivity index (χ3n) is 2.73. The molecule has 0 saturated carbocycles. The summed E-state index contributed by atoms with van der Waals surface area (Å²) in [5.41, 5.74) is 2.01. The summed E-state index contributed by atoms with van der Waals surface area (Å²) >= 11 is 0. The van der Waals surface area contributed by atoms with E-state index in [9.17, 15) is 0 Å². The number of aliphatic hydroxyl groups is 1. The molecule has 0 unspecified atom stereocenters. The SMILES string of the molecule is CC(C)c1cccc(Oc2ccc(CO)cn2)c1. The molecule has 1 aromatic carbocycles. The molecule has 0 radical (unpaired) electrons. The molecule has 0 aliphatic carbocycles. The van der Waals surface area contributed by atoms with Gasteiger partial charge < -0.3 is 9.84 Å². The van der Waals surface area contributed by atoms with Crippen LogP contribution in [-0.2, 0) is 6.61 Å². The fraction of sp³-hybridized carbons (Fsp3) is 0.267. The lowest BCUT2D eigenvalue weighted by Gasteiger charge is -2.09. The minimum atomic E-state index is -0.00385. The molecule has 2 aromatic rings. The Morgan fingerprint density at radius 1 is 1.22 bits per heavy atom. The van der Waals surface area contributed by atoms with Gasteiger partial charge in [0, 0.05) is 12.3 Å². The van der Waals surface area contributed by atoms with Crippen molar-refractivity contribution in [2.45, 2.75) is 26.4 Å². The number of ether oxygens (including phenoxy) is 1. The molecule has 0 spiro atoms. The summed E-state index contributed by atoms with van der Waals surface area (Å²) in [6, 6.07) is 11.6. The molecule has 1 aromatic heterocycles. The van der Waals surface area contributed by atoms with Crippen molar-refractivity contribution in [1.29, 1.82) is 0 Å². The van der Waals surface area contributed by atoms with Crippen LogP contribution < -0.4 is 4.74 Å². The lowest BCUT2D eigenvalue weighted by Crippen LogP contribution is -1.92. The number of pyridine rings is 1. The van der Waals surface area contributed by atoms with Crippen LogP contribution in [-0.4, -0.2) is 10.1 Å². The molecular formula is C15H17NO2. The highest BCUT2D eigenvalue weighted by atomic mass is 16.5. The minimum Gasteiger partial charge on any atom is -0.439 e. The van der Waals surface area contributed by atoms with E-state index in [2.05, 4.69) is 24.9 Å². The third kappa shape index (κ3) is 3.08. The maximum Gasteiger partial charge on any atom is 0.219 e. The van der Waals surface area contributed by atoms with Crippen molar-refractivity contribution in [1.82, 2.24) is 4.98 Å². The first kappa shape index (κ1) is 12.6. The summed E-state index contributed by atoms with van der Waals surface area (Å²) in [6.45, 7) is 4.29. The van der Waals surface area contributed by atoms with Crippen LogP contribution in [0.1, 0.15) is 30.9 Å². The van der Waals surface area contributed by atoms with Gasteiger partial charge in [-0.1, -0.05) is 26.0 Å². The quantitative estimate of drug-likeness (QED) is 0.893. The zero-order chi connectivity index (χ0) is 13.0. The van der Waals surface area contributed by atoms with Crippen molar-refractivity contribution in [3.8, 4) is 11.6 Å². The summed E-state index contributed by atoms with van der Waals surface area (Å²) in [4.78, 5) is 4.14. The second kappa shape index (κ2) is 5.65. The second-order valence-corrected chi connectivity index (χ2v) is 4.49. The van der Waals surface area contributed by atoms with Gasteiger partial charge in [0.05, 0.1) is 6.61 Å². The van der Waals surface area contributed by atoms with Crippen LogP contribution in [0, 0.1) is 0 Å². The molecule has 2 rings (SSSR count). The molecule has 0 fully saturated rings. The molecule has 3 heteroatoms. The molecule has 0 atom stereocenters. The Balaban J connectivity index is 2.15. The summed E-state index contributed by atoms with van der Waals surface area (Å²) < 4.78 is 5.68. The average molecular weight is 243 g/mol. The van der Waals surface area contributed by atoms with Crippen molar-refractivity contribution in [3.05, 3.63) is 53.7 Å². The lowest BCUT2D eigenvalue weighted by molar-refractivity contribution is 0.281. The first-order valence-corrected chi connectivity index (χ1v) is 6.02. The fourth-order valence-corrected chi connectivity index (χ4v) is 1.62. The van der Waals surface area contributed by atoms with E-state index in [1.807, 2.05) is 18.2 Å². The van der Waals surface area contributed by atoms with E-state index in [1.54, 1.807) is 18.3 Å². The molecule has 0 saturated heterocycles. The molecule has 3 nitrogen and oxygen atoms in total. The minimum absolute atomic E-state index is 0.00385. The monoisotopic (exact) mass is 243 g/mol. The van der Waals surface area contributed by atoms with Crippen LogP contribution in [0.2, 0.25) is 0 Å². The first-order valence-electron chi connectivity index (χ1n) is 6.02. The van der Waals surface area contributed by atoms with Crippen LogP contribution in [0.4, 0.5) is 0 Å². The maximum atomic E-state index is 8.93. The molecule has 0 amide bonds. The van der Waals surface area contributed by atoms with Gasteiger partial charge in [-0.15, -0.1) is 0 Å². The Bertz CT molecular complexity index is 506. The third-order valence-corrected chi connectivity index (χ3v) is 2.73. The van der Waals surface area contributed by atoms with Gasteiger partial charge in [-0.2, -0.15) is 0 Å². The number of aromatic nitrogens is 1. The van der Waals surface area contributed by atoms with Gasteiger partial charge in [-0.05, 0) is 35.2 Å². The Labute approximate surface area is 107 Å². The van der Waals surface area contributed by atoms with Crippen LogP contribution in [0.25, 0.3) is 0 Å². The van der Waals surface area contributed by atoms with Crippen molar-refractivity contribution in [2.24, 2.45) is 0 Å². The Kier molecular flexibility index (Phi) is 3.95. The van der Waals surface area contributed by atoms with Gasteiger partial charge >= 0.3 is 0 Å². The first-order chi connectivity index (χ1) is 8.69. The standard InChI is InChI=1S/C15H17NO2/c1-11(2)13-4-3-5-14(8-13)18-15-7-6-12(10-17)9-16-15/h3-9,11,17H,10H2,1-2H3. The molecule has 0 aliphatic heterocycles. The van der Waals surface area contributed by atoms with Crippen molar-refractivity contribution in [3.63, 3.8) is 0 Å². The van der Waals surface area contributed by atoms with Crippen molar-refractivity contribution < 1.29 is 9.84 Å². The second-order valence-electron chi connectivity index (χ2n) is 4.49. The van der Waals surface area contributed by atoms with Crippen LogP contribution in [0.3, 0.4) is 0 Å². The molecule has 94 valence electrons. The van der Waals surface area contributed by atoms with E-state index in [0.717, 1.165) is 11.3 Å². The normalized spacial score (nSPS) is 10.7. The van der Waals surface area contributed by atoms with E-state index in [1.165, 1.54) is 5.56 Å². The molecular weight excluding hydrogens is 226 g/mol. The zero-order valence-electron chi connectivity index (χ0n) is 10.6. The highest BCUT2D eigenvalue weighted by Crippen LogP contribution is 2.24. The summed E-state index contributed by atoms with van der Waals surface area (Å²) in [5, 5.41) is 8.93. The number of aliphatic hydroxyl groups excluding tert-OH is 1. The van der Waals surface area contributed by atoms with E-state index in [0.29, 0.717) is 11.8 Å². The van der Waals surface area contributed by atoms with Gasteiger partial charge in [0.15, 0.2) is 0 Å². The fourth-order valence-electron chi connectivity index (χ4n) is 1.62. The van der Waals surface area contributed by atoms with Crippen molar-refractivity contribution in [2.75, 3.05) is 0 Å². The summed E-state index contributed by atoms with van der Waals surface area (Å²) in [7, 11) is 0. The highest BCUT2D eigenvalue weighted by Gasteiger charge is 2.03. The van der Waals surface area contributed by atoms with Gasteiger partial charge in [0.2, 0.25) is 5.88 Å². The average Bonchev–Trinajstić information content (AvgIpc) is 2.40. The lowest BCUT2D eigenvalue weighted by atomic mass is 10.0. The van der Waals surface area contributed by atoms with Crippen LogP contribution >= 0.6 is 0 Å². The summed E-state index contributed by atoms with van der Waals surface area (Å²) in [6.07, 6.45) is 1.61. The van der Waals surface area contributed by atoms with Gasteiger partial charge in [0.1, 0.15) is 5.75 Å². The van der Waals surface area contributed by atoms with Crippen LogP contribution in [0.5, 0.6) is 11.6 Å². The van der Waals surface area contributed by atoms with E-state index in [4.69, 9.17) is 9.84 Å². The van der Waals surface area contributed by atoms with E-state index >= 15 is 0 Å². The molecule has 0 aliphatic rings. The van der Waals surface area contributed by atoms with Gasteiger partial charge in [0.25, 0.3) is 0 Å². The molecule has 18 heavy (non-hydrogen) atoms. The smallest absolute Gasteiger partial charge is 0.219 e. The predicted molar refractivity (Wildman–Crippen MR) is 70.8 cm³/mol. The summed E-state index contributed by atoms with van der Waals surface area (Å²) in [5.74, 6) is 1.79. The molecule has 0 bridgehead atoms. The molecule has 1 N–H and O–H groups in total. The van der Waals surface area contributed by atoms with E-state index < -0.39 is 0 Å². The Hall–Kier alpha value is -1.87. The Morgan fingerprint density at radius 3 is 2.67 bits per heavy atom. The van der Waals surface area contributed by atoms with Crippen LogP contribution in [0.15, 0.2) is 42.6 Å². The van der Waals surface area contributed by atoms with E-state index in [-0.39, 0.29) is 6.61 Å². The van der Waals surface area contributed by atoms with Gasteiger partial charge in [-0.25, -0.2) is 4.98 Å². The van der Waals surface area contributed by atoms with Crippen molar-refractivity contribution >= 4 is 0 Å². The number of benzene rings is 1. The molecule has 1 heterocycles. The zero-order valence-corrected chi connectivity index (χ0v) is 10.6. The Morgan fingerprint density at radius 2 is 2.06 bits per heavy atom. The predicted octanol–water partition coefficient (Wildman–Crippen LogP) is 3.49. The largest absolute Gasteiger partial charge is 0.439 e. The number of hydrogen-bond acceptors (Lipinski definition) is 3.